The Hall–Kier alpha value is -1.85. The van der Waals surface area contributed by atoms with Gasteiger partial charge in [0, 0.05) is 6.54 Å². The van der Waals surface area contributed by atoms with Crippen LogP contribution in [0.1, 0.15) is 5.56 Å². The quantitative estimate of drug-likeness (QED) is 0.642. The van der Waals surface area contributed by atoms with Crippen molar-refractivity contribution in [2.24, 2.45) is 0 Å². The number of hydrogen-bond acceptors (Lipinski definition) is 5. The molecule has 2 rings (SSSR count). The van der Waals surface area contributed by atoms with Crippen LogP contribution in [-0.2, 0) is 11.2 Å². The second kappa shape index (κ2) is 6.54. The summed E-state index contributed by atoms with van der Waals surface area (Å²) < 4.78 is 10.5. The maximum atomic E-state index is 11.1. The Labute approximate surface area is 117 Å². The first-order chi connectivity index (χ1) is 9.56. The average Bonchev–Trinajstić information content (AvgIpc) is 2.38. The Kier molecular flexibility index (Phi) is 4.76. The van der Waals surface area contributed by atoms with Gasteiger partial charge in [0.25, 0.3) is 0 Å². The van der Waals surface area contributed by atoms with Gasteiger partial charge in [0.05, 0.1) is 24.7 Å². The lowest BCUT2D eigenvalue weighted by atomic mass is 10.1. The Morgan fingerprint density at radius 1 is 1.25 bits per heavy atom. The summed E-state index contributed by atoms with van der Waals surface area (Å²) in [7, 11) is 4.01. The Morgan fingerprint density at radius 3 is 2.80 bits per heavy atom. The van der Waals surface area contributed by atoms with Gasteiger partial charge in [0.1, 0.15) is 11.3 Å². The third-order valence-corrected chi connectivity index (χ3v) is 3.00. The molecule has 1 heterocycles. The highest BCUT2D eigenvalue weighted by Gasteiger charge is 2.05. The number of aromatic hydroxyl groups is 1. The molecule has 0 saturated carbocycles. The number of nitrogens with zero attached hydrogens (tertiary/aromatic N) is 1. The smallest absolute Gasteiger partial charge is 0.339 e. The number of ether oxygens (including phenoxy) is 1. The Bertz CT molecular complexity index is 633. The first-order valence-electron chi connectivity index (χ1n) is 6.54. The second-order valence-electron chi connectivity index (χ2n) is 4.95. The van der Waals surface area contributed by atoms with Crippen molar-refractivity contribution < 1.29 is 14.3 Å². The summed E-state index contributed by atoms with van der Waals surface area (Å²) >= 11 is 0. The standard InChI is InChI=1S/C15H19NO4/c1-16(2)6-8-19-7-5-11-3-4-14-12(9-11)13(17)10-15(18)20-14/h3-4,9-10,17H,5-8H2,1-2H3. The van der Waals surface area contributed by atoms with Gasteiger partial charge in [-0.1, -0.05) is 6.07 Å². The summed E-state index contributed by atoms with van der Waals surface area (Å²) in [5, 5.41) is 10.3. The average molecular weight is 277 g/mol. The molecule has 1 aromatic heterocycles. The molecule has 1 aromatic carbocycles. The fraction of sp³-hybridized carbons (Fsp3) is 0.400. The van der Waals surface area contributed by atoms with Gasteiger partial charge < -0.3 is 19.2 Å². The molecule has 0 radical (unpaired) electrons. The fourth-order valence-electron chi connectivity index (χ4n) is 1.89. The zero-order valence-corrected chi connectivity index (χ0v) is 11.8. The van der Waals surface area contributed by atoms with Crippen molar-refractivity contribution in [1.82, 2.24) is 4.90 Å². The third-order valence-electron chi connectivity index (χ3n) is 3.00. The van der Waals surface area contributed by atoms with Gasteiger partial charge >= 0.3 is 5.63 Å². The number of hydrogen-bond donors (Lipinski definition) is 1. The first-order valence-corrected chi connectivity index (χ1v) is 6.54. The van der Waals surface area contributed by atoms with E-state index in [9.17, 15) is 9.90 Å². The molecule has 0 bridgehead atoms. The van der Waals surface area contributed by atoms with E-state index in [1.54, 1.807) is 6.07 Å². The maximum absolute atomic E-state index is 11.1. The Morgan fingerprint density at radius 2 is 2.05 bits per heavy atom. The van der Waals surface area contributed by atoms with Crippen molar-refractivity contribution in [2.45, 2.75) is 6.42 Å². The fourth-order valence-corrected chi connectivity index (χ4v) is 1.89. The lowest BCUT2D eigenvalue weighted by Gasteiger charge is -2.10. The summed E-state index contributed by atoms with van der Waals surface area (Å²) in [6.45, 7) is 2.21. The number of benzene rings is 1. The number of likely N-dealkylation sites (N-methyl/N-ethyl adjacent to an activating group) is 1. The van der Waals surface area contributed by atoms with E-state index in [2.05, 4.69) is 4.90 Å². The van der Waals surface area contributed by atoms with E-state index in [1.807, 2.05) is 26.2 Å². The highest BCUT2D eigenvalue weighted by atomic mass is 16.5. The summed E-state index contributed by atoms with van der Waals surface area (Å²) in [6, 6.07) is 6.48. The van der Waals surface area contributed by atoms with Gasteiger partial charge in [-0.05, 0) is 38.2 Å². The van der Waals surface area contributed by atoms with Crippen LogP contribution in [0.4, 0.5) is 0 Å². The molecule has 0 amide bonds. The molecule has 0 aliphatic heterocycles. The van der Waals surface area contributed by atoms with Gasteiger partial charge in [-0.2, -0.15) is 0 Å². The van der Waals surface area contributed by atoms with E-state index >= 15 is 0 Å². The largest absolute Gasteiger partial charge is 0.507 e. The molecule has 0 aliphatic carbocycles. The highest BCUT2D eigenvalue weighted by Crippen LogP contribution is 2.23. The molecule has 0 unspecified atom stereocenters. The second-order valence-corrected chi connectivity index (χ2v) is 4.95. The normalized spacial score (nSPS) is 11.3. The van der Waals surface area contributed by atoms with Crippen molar-refractivity contribution >= 4 is 11.0 Å². The van der Waals surface area contributed by atoms with Crippen LogP contribution in [0, 0.1) is 0 Å². The van der Waals surface area contributed by atoms with Crippen molar-refractivity contribution in [3.05, 3.63) is 40.2 Å². The van der Waals surface area contributed by atoms with E-state index < -0.39 is 5.63 Å². The van der Waals surface area contributed by atoms with Gasteiger partial charge in [0.2, 0.25) is 0 Å². The molecule has 0 aliphatic rings. The van der Waals surface area contributed by atoms with Gasteiger partial charge in [0.15, 0.2) is 0 Å². The van der Waals surface area contributed by atoms with Crippen LogP contribution in [0.25, 0.3) is 11.0 Å². The molecule has 20 heavy (non-hydrogen) atoms. The molecular weight excluding hydrogens is 258 g/mol. The maximum Gasteiger partial charge on any atom is 0.339 e. The van der Waals surface area contributed by atoms with Gasteiger partial charge in [-0.25, -0.2) is 4.79 Å². The molecule has 2 aromatic rings. The van der Waals surface area contributed by atoms with E-state index in [-0.39, 0.29) is 5.75 Å². The summed E-state index contributed by atoms with van der Waals surface area (Å²) in [5.74, 6) is -0.0494. The van der Waals surface area contributed by atoms with E-state index in [0.29, 0.717) is 24.2 Å². The topological polar surface area (TPSA) is 62.9 Å². The molecule has 0 spiro atoms. The third kappa shape index (κ3) is 3.82. The van der Waals surface area contributed by atoms with Crippen LogP contribution in [-0.4, -0.2) is 43.9 Å². The molecule has 0 saturated heterocycles. The number of fused-ring (bicyclic) bond motifs is 1. The molecule has 0 atom stereocenters. The lowest BCUT2D eigenvalue weighted by Crippen LogP contribution is -2.18. The van der Waals surface area contributed by atoms with Crippen molar-refractivity contribution in [3.8, 4) is 5.75 Å². The van der Waals surface area contributed by atoms with Crippen LogP contribution < -0.4 is 5.63 Å². The van der Waals surface area contributed by atoms with E-state index in [1.165, 1.54) is 0 Å². The van der Waals surface area contributed by atoms with Crippen LogP contribution in [0.2, 0.25) is 0 Å². The molecule has 5 nitrogen and oxygen atoms in total. The molecule has 0 fully saturated rings. The first kappa shape index (κ1) is 14.6. The van der Waals surface area contributed by atoms with Crippen molar-refractivity contribution in [2.75, 3.05) is 33.9 Å². The van der Waals surface area contributed by atoms with Crippen molar-refractivity contribution in [1.29, 1.82) is 0 Å². The van der Waals surface area contributed by atoms with Crippen LogP contribution in [0.15, 0.2) is 33.5 Å². The Balaban J connectivity index is 2.00. The van der Waals surface area contributed by atoms with E-state index in [0.717, 1.165) is 24.6 Å². The minimum atomic E-state index is -0.547. The minimum absolute atomic E-state index is 0.0494. The van der Waals surface area contributed by atoms with Gasteiger partial charge in [-0.3, -0.25) is 0 Å². The predicted molar refractivity (Wildman–Crippen MR) is 77.2 cm³/mol. The van der Waals surface area contributed by atoms with Gasteiger partial charge in [-0.15, -0.1) is 0 Å². The van der Waals surface area contributed by atoms with Crippen LogP contribution in [0.3, 0.4) is 0 Å². The monoisotopic (exact) mass is 277 g/mol. The van der Waals surface area contributed by atoms with Crippen LogP contribution >= 0.6 is 0 Å². The van der Waals surface area contributed by atoms with Crippen LogP contribution in [0.5, 0.6) is 5.75 Å². The summed E-state index contributed by atoms with van der Waals surface area (Å²) in [5.41, 5.74) is 0.883. The van der Waals surface area contributed by atoms with E-state index in [4.69, 9.17) is 9.15 Å². The van der Waals surface area contributed by atoms with Crippen molar-refractivity contribution in [3.63, 3.8) is 0 Å². The zero-order chi connectivity index (χ0) is 14.5. The lowest BCUT2D eigenvalue weighted by molar-refractivity contribution is 0.120. The summed E-state index contributed by atoms with van der Waals surface area (Å²) in [6.07, 6.45) is 0.752. The zero-order valence-electron chi connectivity index (χ0n) is 11.8. The highest BCUT2D eigenvalue weighted by molar-refractivity contribution is 5.83. The molecule has 108 valence electrons. The molecule has 5 heteroatoms. The minimum Gasteiger partial charge on any atom is -0.507 e. The number of rotatable bonds is 6. The molecule has 1 N–H and O–H groups in total. The predicted octanol–water partition coefficient (Wildman–Crippen LogP) is 1.62. The summed E-state index contributed by atoms with van der Waals surface area (Å²) in [4.78, 5) is 13.2. The SMILES string of the molecule is CN(C)CCOCCc1ccc2oc(=O)cc(O)c2c1. The molecular formula is C15H19NO4.